The zero-order valence-electron chi connectivity index (χ0n) is 12.4. The van der Waals surface area contributed by atoms with Gasteiger partial charge in [-0.3, -0.25) is 4.79 Å². The molecule has 1 aromatic carbocycles. The van der Waals surface area contributed by atoms with Gasteiger partial charge >= 0.3 is 5.97 Å². The Balaban J connectivity index is 2.62. The first kappa shape index (κ1) is 17.5. The van der Waals surface area contributed by atoms with Crippen LogP contribution in [0, 0.1) is 5.92 Å². The second-order valence-corrected chi connectivity index (χ2v) is 5.51. The summed E-state index contributed by atoms with van der Waals surface area (Å²) < 4.78 is 0. The number of aromatic carboxylic acids is 1. The van der Waals surface area contributed by atoms with Crippen LogP contribution >= 0.6 is 11.6 Å². The maximum atomic E-state index is 11.9. The van der Waals surface area contributed by atoms with Gasteiger partial charge in [0.1, 0.15) is 0 Å². The minimum absolute atomic E-state index is 0.0793. The van der Waals surface area contributed by atoms with Crippen LogP contribution in [-0.4, -0.2) is 29.6 Å². The zero-order valence-corrected chi connectivity index (χ0v) is 13.2. The predicted octanol–water partition coefficient (Wildman–Crippen LogP) is 3.00. The molecule has 0 saturated heterocycles. The minimum atomic E-state index is -1.06. The van der Waals surface area contributed by atoms with Crippen molar-refractivity contribution in [3.63, 3.8) is 0 Å². The molecule has 21 heavy (non-hydrogen) atoms. The van der Waals surface area contributed by atoms with E-state index in [2.05, 4.69) is 24.5 Å². The highest BCUT2D eigenvalue weighted by atomic mass is 35.5. The maximum Gasteiger partial charge on any atom is 0.335 e. The topological polar surface area (TPSA) is 78.4 Å². The number of hydrogen-bond acceptors (Lipinski definition) is 3. The highest BCUT2D eigenvalue weighted by Gasteiger charge is 2.13. The third-order valence-corrected chi connectivity index (χ3v) is 3.90. The standard InChI is InChI=1S/C15H21ClN2O3/c1-4-9(2)10(3)17-8-14(19)18-13-7-11(15(20)21)5-6-12(13)16/h5-7,9-10,17H,4,8H2,1-3H3,(H,18,19)(H,20,21). The van der Waals surface area contributed by atoms with Crippen molar-refractivity contribution in [1.29, 1.82) is 0 Å². The molecule has 0 spiro atoms. The summed E-state index contributed by atoms with van der Waals surface area (Å²) in [5.74, 6) is -0.850. The summed E-state index contributed by atoms with van der Waals surface area (Å²) in [7, 11) is 0. The van der Waals surface area contributed by atoms with E-state index in [0.29, 0.717) is 16.6 Å². The molecule has 0 aliphatic carbocycles. The Morgan fingerprint density at radius 3 is 2.57 bits per heavy atom. The molecule has 0 heterocycles. The van der Waals surface area contributed by atoms with Crippen LogP contribution < -0.4 is 10.6 Å². The predicted molar refractivity (Wildman–Crippen MR) is 84.0 cm³/mol. The third-order valence-electron chi connectivity index (χ3n) is 3.57. The van der Waals surface area contributed by atoms with Crippen LogP contribution in [0.15, 0.2) is 18.2 Å². The number of carbonyl (C=O) groups excluding carboxylic acids is 1. The number of rotatable bonds is 7. The van der Waals surface area contributed by atoms with E-state index in [1.807, 2.05) is 6.92 Å². The van der Waals surface area contributed by atoms with Gasteiger partial charge in [-0.25, -0.2) is 4.79 Å². The number of carboxylic acid groups (broad SMARTS) is 1. The minimum Gasteiger partial charge on any atom is -0.478 e. The lowest BCUT2D eigenvalue weighted by Gasteiger charge is -2.19. The normalized spacial score (nSPS) is 13.5. The van der Waals surface area contributed by atoms with Crippen molar-refractivity contribution >= 4 is 29.2 Å². The fraction of sp³-hybridized carbons (Fsp3) is 0.467. The van der Waals surface area contributed by atoms with E-state index in [1.165, 1.54) is 18.2 Å². The second-order valence-electron chi connectivity index (χ2n) is 5.10. The van der Waals surface area contributed by atoms with Crippen LogP contribution in [-0.2, 0) is 4.79 Å². The smallest absolute Gasteiger partial charge is 0.335 e. The number of anilines is 1. The number of carboxylic acids is 1. The van der Waals surface area contributed by atoms with Gasteiger partial charge in [-0.1, -0.05) is 31.9 Å². The van der Waals surface area contributed by atoms with Crippen molar-refractivity contribution in [2.24, 2.45) is 5.92 Å². The molecule has 2 unspecified atom stereocenters. The molecule has 0 aromatic heterocycles. The van der Waals surface area contributed by atoms with Gasteiger partial charge in [0.25, 0.3) is 0 Å². The summed E-state index contributed by atoms with van der Waals surface area (Å²) in [6, 6.07) is 4.42. The second kappa shape index (κ2) is 8.00. The molecule has 0 fully saturated rings. The highest BCUT2D eigenvalue weighted by molar-refractivity contribution is 6.33. The number of benzene rings is 1. The lowest BCUT2D eigenvalue weighted by atomic mass is 10.0. The Bertz CT molecular complexity index is 520. The van der Waals surface area contributed by atoms with Gasteiger partial charge in [-0.05, 0) is 31.0 Å². The lowest BCUT2D eigenvalue weighted by Crippen LogP contribution is -2.37. The number of amides is 1. The molecule has 0 saturated carbocycles. The molecule has 3 N–H and O–H groups in total. The van der Waals surface area contributed by atoms with Crippen LogP contribution in [0.3, 0.4) is 0 Å². The molecule has 2 atom stereocenters. The Labute approximate surface area is 129 Å². The van der Waals surface area contributed by atoms with Crippen molar-refractivity contribution in [3.8, 4) is 0 Å². The summed E-state index contributed by atoms with van der Waals surface area (Å²) in [5.41, 5.74) is 0.384. The van der Waals surface area contributed by atoms with E-state index in [9.17, 15) is 9.59 Å². The van der Waals surface area contributed by atoms with Crippen LogP contribution in [0.2, 0.25) is 5.02 Å². The van der Waals surface area contributed by atoms with E-state index < -0.39 is 5.97 Å². The van der Waals surface area contributed by atoms with Gasteiger partial charge in [0, 0.05) is 6.04 Å². The van der Waals surface area contributed by atoms with E-state index in [1.54, 1.807) is 0 Å². The Morgan fingerprint density at radius 1 is 1.33 bits per heavy atom. The summed E-state index contributed by atoms with van der Waals surface area (Å²) >= 11 is 5.95. The highest BCUT2D eigenvalue weighted by Crippen LogP contribution is 2.23. The molecular formula is C15H21ClN2O3. The molecule has 0 bridgehead atoms. The zero-order chi connectivity index (χ0) is 16.0. The van der Waals surface area contributed by atoms with E-state index in [-0.39, 0.29) is 24.1 Å². The van der Waals surface area contributed by atoms with Crippen molar-refractivity contribution in [2.45, 2.75) is 33.2 Å². The lowest BCUT2D eigenvalue weighted by molar-refractivity contribution is -0.115. The molecule has 6 heteroatoms. The average molecular weight is 313 g/mol. The number of nitrogens with one attached hydrogen (secondary N) is 2. The monoisotopic (exact) mass is 312 g/mol. The van der Waals surface area contributed by atoms with E-state index >= 15 is 0 Å². The van der Waals surface area contributed by atoms with Crippen molar-refractivity contribution < 1.29 is 14.7 Å². The first-order valence-electron chi connectivity index (χ1n) is 6.91. The fourth-order valence-corrected chi connectivity index (χ4v) is 1.92. The average Bonchev–Trinajstić information content (AvgIpc) is 2.45. The van der Waals surface area contributed by atoms with Crippen molar-refractivity contribution in [3.05, 3.63) is 28.8 Å². The number of hydrogen-bond donors (Lipinski definition) is 3. The molecule has 1 amide bonds. The first-order valence-corrected chi connectivity index (χ1v) is 7.29. The maximum absolute atomic E-state index is 11.9. The number of carbonyl (C=O) groups is 2. The third kappa shape index (κ3) is 5.36. The van der Waals surface area contributed by atoms with E-state index in [0.717, 1.165) is 6.42 Å². The van der Waals surface area contributed by atoms with Crippen LogP contribution in [0.25, 0.3) is 0 Å². The molecule has 5 nitrogen and oxygen atoms in total. The van der Waals surface area contributed by atoms with Gasteiger partial charge in [-0.2, -0.15) is 0 Å². The van der Waals surface area contributed by atoms with Gasteiger partial charge in [0.15, 0.2) is 0 Å². The van der Waals surface area contributed by atoms with Crippen molar-refractivity contribution in [1.82, 2.24) is 5.32 Å². The fourth-order valence-electron chi connectivity index (χ4n) is 1.76. The Kier molecular flexibility index (Phi) is 6.65. The summed E-state index contributed by atoms with van der Waals surface area (Å²) in [4.78, 5) is 22.8. The van der Waals surface area contributed by atoms with Gasteiger partial charge in [0.2, 0.25) is 5.91 Å². The summed E-state index contributed by atoms with van der Waals surface area (Å²) in [5, 5.41) is 15.0. The largest absolute Gasteiger partial charge is 0.478 e. The number of halogens is 1. The van der Waals surface area contributed by atoms with Crippen LogP contribution in [0.1, 0.15) is 37.6 Å². The Morgan fingerprint density at radius 2 is 2.00 bits per heavy atom. The van der Waals surface area contributed by atoms with Gasteiger partial charge < -0.3 is 15.7 Å². The molecule has 1 aromatic rings. The molecule has 0 aliphatic heterocycles. The van der Waals surface area contributed by atoms with Crippen LogP contribution in [0.5, 0.6) is 0 Å². The van der Waals surface area contributed by atoms with Gasteiger partial charge in [0.05, 0.1) is 22.8 Å². The first-order chi connectivity index (χ1) is 9.85. The quantitative estimate of drug-likeness (QED) is 0.723. The molecule has 0 aliphatic rings. The Hall–Kier alpha value is -1.59. The van der Waals surface area contributed by atoms with E-state index in [4.69, 9.17) is 16.7 Å². The summed E-state index contributed by atoms with van der Waals surface area (Å²) in [6.45, 7) is 6.39. The SMILES string of the molecule is CCC(C)C(C)NCC(=O)Nc1cc(C(=O)O)ccc1Cl. The molecule has 1 rings (SSSR count). The van der Waals surface area contributed by atoms with Crippen LogP contribution in [0.4, 0.5) is 5.69 Å². The molecular weight excluding hydrogens is 292 g/mol. The molecule has 116 valence electrons. The molecule has 0 radical (unpaired) electrons. The van der Waals surface area contributed by atoms with Crippen molar-refractivity contribution in [2.75, 3.05) is 11.9 Å². The summed E-state index contributed by atoms with van der Waals surface area (Å²) in [6.07, 6.45) is 1.03. The van der Waals surface area contributed by atoms with Gasteiger partial charge in [-0.15, -0.1) is 0 Å².